The fourth-order valence-corrected chi connectivity index (χ4v) is 4.73. The normalized spacial score (nSPS) is 15.3. The van der Waals surface area contributed by atoms with Gasteiger partial charge in [-0.15, -0.1) is 0 Å². The summed E-state index contributed by atoms with van der Waals surface area (Å²) in [4.78, 5) is 26.1. The van der Waals surface area contributed by atoms with E-state index in [1.807, 2.05) is 43.3 Å². The molecule has 0 saturated carbocycles. The highest BCUT2D eigenvalue weighted by Gasteiger charge is 2.35. The van der Waals surface area contributed by atoms with Crippen LogP contribution in [0, 0.1) is 6.92 Å². The van der Waals surface area contributed by atoms with E-state index in [1.54, 1.807) is 22.9 Å². The molecule has 166 valence electrons. The number of amides is 1. The first-order chi connectivity index (χ1) is 15.5. The van der Waals surface area contributed by atoms with Crippen LogP contribution < -0.4 is 10.9 Å². The number of benzene rings is 2. The Morgan fingerprint density at radius 3 is 2.62 bits per heavy atom. The molecule has 1 N–H and O–H groups in total. The number of pyridine rings is 1. The van der Waals surface area contributed by atoms with Gasteiger partial charge in [0.2, 0.25) is 0 Å². The lowest BCUT2D eigenvalue weighted by atomic mass is 9.74. The van der Waals surface area contributed by atoms with Gasteiger partial charge in [0.05, 0.1) is 6.54 Å². The summed E-state index contributed by atoms with van der Waals surface area (Å²) in [6.07, 6.45) is 3.36. The molecule has 1 aliphatic rings. The van der Waals surface area contributed by atoms with Crippen LogP contribution in [0.2, 0.25) is 0 Å². The van der Waals surface area contributed by atoms with Crippen LogP contribution in [-0.2, 0) is 16.7 Å². The standard InChI is InChI=1S/C26H27BrN2O3/c1-19-5-2-6-20(15-19)17-29-12-4-9-23(25(29)31)24(30)28-18-26(10-13-32-14-11-26)21-7-3-8-22(27)16-21/h2-9,12,15-16H,10-11,13-14,17-18H2,1H3,(H,28,30). The summed E-state index contributed by atoms with van der Waals surface area (Å²) >= 11 is 3.56. The number of aryl methyl sites for hydroxylation is 1. The minimum absolute atomic E-state index is 0.164. The van der Waals surface area contributed by atoms with Gasteiger partial charge in [-0.1, -0.05) is 57.9 Å². The van der Waals surface area contributed by atoms with Crippen molar-refractivity contribution in [3.63, 3.8) is 0 Å². The highest BCUT2D eigenvalue weighted by molar-refractivity contribution is 9.10. The summed E-state index contributed by atoms with van der Waals surface area (Å²) in [5.41, 5.74) is 3.00. The third kappa shape index (κ3) is 5.03. The molecule has 2 heterocycles. The third-order valence-corrected chi connectivity index (χ3v) is 6.67. The molecule has 5 nitrogen and oxygen atoms in total. The Bertz CT molecular complexity index is 1170. The number of nitrogens with one attached hydrogen (secondary N) is 1. The molecule has 0 spiro atoms. The molecule has 6 heteroatoms. The number of halogens is 1. The lowest BCUT2D eigenvalue weighted by Gasteiger charge is -2.38. The number of rotatable bonds is 6. The first-order valence-corrected chi connectivity index (χ1v) is 11.6. The largest absolute Gasteiger partial charge is 0.381 e. The van der Waals surface area contributed by atoms with E-state index in [4.69, 9.17) is 4.74 Å². The van der Waals surface area contributed by atoms with Gasteiger partial charge in [-0.05, 0) is 55.2 Å². The predicted octanol–water partition coefficient (Wildman–Crippen LogP) is 4.45. The Balaban J connectivity index is 1.54. The van der Waals surface area contributed by atoms with Crippen LogP contribution in [0.25, 0.3) is 0 Å². The first-order valence-electron chi connectivity index (χ1n) is 10.8. The second-order valence-electron chi connectivity index (χ2n) is 8.43. The SMILES string of the molecule is Cc1cccc(Cn2cccc(C(=O)NCC3(c4cccc(Br)c4)CCOCC3)c2=O)c1. The third-order valence-electron chi connectivity index (χ3n) is 6.17. The summed E-state index contributed by atoms with van der Waals surface area (Å²) in [6.45, 7) is 4.21. The fraction of sp³-hybridized carbons (Fsp3) is 0.308. The first kappa shape index (κ1) is 22.5. The van der Waals surface area contributed by atoms with Gasteiger partial charge >= 0.3 is 0 Å². The van der Waals surface area contributed by atoms with E-state index >= 15 is 0 Å². The zero-order chi connectivity index (χ0) is 22.6. The van der Waals surface area contributed by atoms with Gasteiger partial charge in [0, 0.05) is 35.8 Å². The van der Waals surface area contributed by atoms with Gasteiger partial charge in [0.15, 0.2) is 0 Å². The lowest BCUT2D eigenvalue weighted by Crippen LogP contribution is -2.45. The van der Waals surface area contributed by atoms with Crippen molar-refractivity contribution in [1.29, 1.82) is 0 Å². The Kier molecular flexibility index (Phi) is 6.92. The van der Waals surface area contributed by atoms with Crippen LogP contribution >= 0.6 is 15.9 Å². The summed E-state index contributed by atoms with van der Waals surface area (Å²) in [6, 6.07) is 19.6. The zero-order valence-electron chi connectivity index (χ0n) is 18.1. The highest BCUT2D eigenvalue weighted by Crippen LogP contribution is 2.35. The van der Waals surface area contributed by atoms with E-state index < -0.39 is 0 Å². The van der Waals surface area contributed by atoms with Crippen molar-refractivity contribution >= 4 is 21.8 Å². The molecule has 0 radical (unpaired) electrons. The van der Waals surface area contributed by atoms with Crippen molar-refractivity contribution in [2.45, 2.75) is 31.7 Å². The molecule has 0 unspecified atom stereocenters. The summed E-state index contributed by atoms with van der Waals surface area (Å²) < 4.78 is 8.18. The van der Waals surface area contributed by atoms with Gasteiger partial charge in [0.1, 0.15) is 5.56 Å². The molecule has 3 aromatic rings. The second-order valence-corrected chi connectivity index (χ2v) is 9.35. The molecule has 1 aliphatic heterocycles. The molecule has 1 aromatic heterocycles. The monoisotopic (exact) mass is 494 g/mol. The van der Waals surface area contributed by atoms with Crippen molar-refractivity contribution in [1.82, 2.24) is 9.88 Å². The summed E-state index contributed by atoms with van der Waals surface area (Å²) in [7, 11) is 0. The van der Waals surface area contributed by atoms with E-state index in [0.717, 1.165) is 28.4 Å². The number of hydrogen-bond acceptors (Lipinski definition) is 3. The molecule has 1 saturated heterocycles. The molecule has 1 amide bonds. The van der Waals surface area contributed by atoms with Crippen LogP contribution in [-0.4, -0.2) is 30.2 Å². The molecule has 4 rings (SSSR count). The minimum Gasteiger partial charge on any atom is -0.381 e. The van der Waals surface area contributed by atoms with E-state index in [-0.39, 0.29) is 22.4 Å². The van der Waals surface area contributed by atoms with Crippen LogP contribution in [0.15, 0.2) is 76.1 Å². The van der Waals surface area contributed by atoms with Gasteiger partial charge in [-0.3, -0.25) is 9.59 Å². The Morgan fingerprint density at radius 2 is 1.88 bits per heavy atom. The number of nitrogens with zero attached hydrogens (tertiary/aromatic N) is 1. The minimum atomic E-state index is -0.338. The molecular weight excluding hydrogens is 468 g/mol. The molecule has 0 atom stereocenters. The molecule has 0 bridgehead atoms. The molecule has 1 fully saturated rings. The number of hydrogen-bond donors (Lipinski definition) is 1. The Hall–Kier alpha value is -2.70. The van der Waals surface area contributed by atoms with Crippen molar-refractivity contribution in [3.8, 4) is 0 Å². The average Bonchev–Trinajstić information content (AvgIpc) is 2.79. The lowest BCUT2D eigenvalue weighted by molar-refractivity contribution is 0.0487. The van der Waals surface area contributed by atoms with Gasteiger partial charge in [0.25, 0.3) is 11.5 Å². The topological polar surface area (TPSA) is 60.3 Å². The molecule has 2 aromatic carbocycles. The fourth-order valence-electron chi connectivity index (χ4n) is 4.33. The maximum Gasteiger partial charge on any atom is 0.263 e. The van der Waals surface area contributed by atoms with E-state index in [1.165, 1.54) is 5.56 Å². The van der Waals surface area contributed by atoms with Gasteiger partial charge in [-0.25, -0.2) is 0 Å². The number of aromatic nitrogens is 1. The smallest absolute Gasteiger partial charge is 0.263 e. The highest BCUT2D eigenvalue weighted by atomic mass is 79.9. The van der Waals surface area contributed by atoms with Crippen LogP contribution in [0.3, 0.4) is 0 Å². The number of ether oxygens (including phenoxy) is 1. The maximum absolute atomic E-state index is 13.0. The van der Waals surface area contributed by atoms with Crippen molar-refractivity contribution in [2.75, 3.05) is 19.8 Å². The van der Waals surface area contributed by atoms with E-state index in [2.05, 4.69) is 33.4 Å². The van der Waals surface area contributed by atoms with Gasteiger partial charge < -0.3 is 14.6 Å². The summed E-state index contributed by atoms with van der Waals surface area (Å²) in [5, 5.41) is 3.05. The molecular formula is C26H27BrN2O3. The quantitative estimate of drug-likeness (QED) is 0.550. The average molecular weight is 495 g/mol. The Labute approximate surface area is 196 Å². The number of carbonyl (C=O) groups is 1. The summed E-state index contributed by atoms with van der Waals surface area (Å²) in [5.74, 6) is -0.338. The van der Waals surface area contributed by atoms with Crippen LogP contribution in [0.4, 0.5) is 0 Å². The van der Waals surface area contributed by atoms with Crippen LogP contribution in [0.5, 0.6) is 0 Å². The van der Waals surface area contributed by atoms with Crippen molar-refractivity contribution in [2.24, 2.45) is 0 Å². The van der Waals surface area contributed by atoms with Crippen molar-refractivity contribution in [3.05, 3.63) is 104 Å². The van der Waals surface area contributed by atoms with E-state index in [0.29, 0.717) is 26.3 Å². The van der Waals surface area contributed by atoms with Crippen LogP contribution in [0.1, 0.15) is 39.9 Å². The predicted molar refractivity (Wildman–Crippen MR) is 129 cm³/mol. The zero-order valence-corrected chi connectivity index (χ0v) is 19.7. The van der Waals surface area contributed by atoms with Crippen molar-refractivity contribution < 1.29 is 9.53 Å². The van der Waals surface area contributed by atoms with E-state index in [9.17, 15) is 9.59 Å². The number of carbonyl (C=O) groups excluding carboxylic acids is 1. The Morgan fingerprint density at radius 1 is 1.09 bits per heavy atom. The van der Waals surface area contributed by atoms with Gasteiger partial charge in [-0.2, -0.15) is 0 Å². The molecule has 32 heavy (non-hydrogen) atoms. The maximum atomic E-state index is 13.0. The molecule has 0 aliphatic carbocycles. The second kappa shape index (κ2) is 9.84.